The van der Waals surface area contributed by atoms with Gasteiger partial charge in [0.05, 0.1) is 17.4 Å². The van der Waals surface area contributed by atoms with Gasteiger partial charge in [-0.05, 0) is 57.3 Å². The largest absolute Gasteiger partial charge is 0.507 e. The van der Waals surface area contributed by atoms with Crippen LogP contribution in [0.1, 0.15) is 76.1 Å². The van der Waals surface area contributed by atoms with E-state index in [1.807, 2.05) is 53.7 Å². The molecule has 1 aliphatic heterocycles. The molecule has 0 amide bonds. The highest BCUT2D eigenvalue weighted by atomic mass is 19.1. The normalized spacial score (nSPS) is 15.9. The lowest BCUT2D eigenvalue weighted by atomic mass is 9.75. The third-order valence-electron chi connectivity index (χ3n) is 7.19. The summed E-state index contributed by atoms with van der Waals surface area (Å²) in [6.07, 6.45) is 1.44. The fourth-order valence-corrected chi connectivity index (χ4v) is 5.17. The van der Waals surface area contributed by atoms with Crippen LogP contribution in [-0.4, -0.2) is 11.1 Å². The third kappa shape index (κ3) is 4.38. The van der Waals surface area contributed by atoms with E-state index >= 15 is 0 Å². The number of hydrogen-bond donors (Lipinski definition) is 1. The van der Waals surface area contributed by atoms with E-state index in [0.717, 1.165) is 16.7 Å². The van der Waals surface area contributed by atoms with Crippen LogP contribution in [0.25, 0.3) is 22.1 Å². The zero-order valence-corrected chi connectivity index (χ0v) is 22.4. The molecular formula is C32H31FO5. The Hall–Kier alpha value is -3.93. The van der Waals surface area contributed by atoms with Crippen molar-refractivity contribution in [3.8, 4) is 22.6 Å². The second kappa shape index (κ2) is 8.83. The maximum atomic E-state index is 13.5. The minimum atomic E-state index is -0.447. The molecule has 4 aromatic rings. The highest BCUT2D eigenvalue weighted by molar-refractivity contribution is 5.90. The second-order valence-electron chi connectivity index (χ2n) is 12.0. The van der Waals surface area contributed by atoms with Crippen molar-refractivity contribution in [2.24, 2.45) is 0 Å². The summed E-state index contributed by atoms with van der Waals surface area (Å²) in [5.41, 5.74) is 3.26. The lowest BCUT2D eigenvalue weighted by Gasteiger charge is -2.31. The van der Waals surface area contributed by atoms with Crippen LogP contribution in [0.15, 0.2) is 64.0 Å². The van der Waals surface area contributed by atoms with Gasteiger partial charge in [0.15, 0.2) is 0 Å². The molecule has 6 heteroatoms. The fraction of sp³-hybridized carbons (Fsp3) is 0.312. The van der Waals surface area contributed by atoms with Gasteiger partial charge in [0.25, 0.3) is 0 Å². The molecule has 38 heavy (non-hydrogen) atoms. The summed E-state index contributed by atoms with van der Waals surface area (Å²) >= 11 is 0. The smallest absolute Gasteiger partial charge is 0.312 e. The van der Waals surface area contributed by atoms with Crippen LogP contribution >= 0.6 is 0 Å². The Morgan fingerprint density at radius 3 is 2.08 bits per heavy atom. The molecule has 1 aromatic heterocycles. The predicted molar refractivity (Wildman–Crippen MR) is 145 cm³/mol. The average Bonchev–Trinajstić information content (AvgIpc) is 2.83. The van der Waals surface area contributed by atoms with E-state index in [-0.39, 0.29) is 34.4 Å². The van der Waals surface area contributed by atoms with E-state index < -0.39 is 11.7 Å². The fourth-order valence-electron chi connectivity index (χ4n) is 5.17. The van der Waals surface area contributed by atoms with Crippen LogP contribution in [-0.2, 0) is 15.6 Å². The van der Waals surface area contributed by atoms with Gasteiger partial charge in [-0.2, -0.15) is 0 Å². The molecule has 196 valence electrons. The van der Waals surface area contributed by atoms with Crippen molar-refractivity contribution in [1.82, 2.24) is 0 Å². The first-order valence-electron chi connectivity index (χ1n) is 12.7. The van der Waals surface area contributed by atoms with Crippen LogP contribution in [0.3, 0.4) is 0 Å². The summed E-state index contributed by atoms with van der Waals surface area (Å²) in [4.78, 5) is 26.2. The minimum absolute atomic E-state index is 0.0630. The number of fused-ring (bicyclic) bond motifs is 3. The highest BCUT2D eigenvalue weighted by Crippen LogP contribution is 2.47. The van der Waals surface area contributed by atoms with Crippen molar-refractivity contribution >= 4 is 16.9 Å². The summed E-state index contributed by atoms with van der Waals surface area (Å²) in [6, 6.07) is 12.8. The van der Waals surface area contributed by atoms with E-state index in [9.17, 15) is 19.1 Å². The predicted octanol–water partition coefficient (Wildman–Crippen LogP) is 7.34. The zero-order valence-electron chi connectivity index (χ0n) is 22.4. The van der Waals surface area contributed by atoms with Gasteiger partial charge in [-0.25, -0.2) is 4.39 Å². The molecule has 3 aromatic carbocycles. The summed E-state index contributed by atoms with van der Waals surface area (Å²) in [7, 11) is 0. The van der Waals surface area contributed by atoms with Crippen LogP contribution in [0, 0.1) is 5.82 Å². The molecular weight excluding hydrogens is 483 g/mol. The van der Waals surface area contributed by atoms with E-state index in [0.29, 0.717) is 33.4 Å². The number of phenols is 1. The topological polar surface area (TPSA) is 76.7 Å². The zero-order chi connectivity index (χ0) is 27.6. The van der Waals surface area contributed by atoms with Crippen LogP contribution < -0.4 is 10.2 Å². The molecule has 1 aliphatic rings. The second-order valence-corrected chi connectivity index (χ2v) is 12.0. The Labute approximate surface area is 220 Å². The standard InChI is InChI=1S/C32H31FO5/c1-31(2,3)23-13-18(14-24(29(23)36)32(4,5)6)21-15-26(34)38-25-12-11-20-28(35)22(16-37-30(20)27(21)25)17-7-9-19(33)10-8-17/h7-14,16,21,36H,15H2,1-6H3/t21-/m1/s1. The number of halogens is 1. The molecule has 2 heterocycles. The third-order valence-corrected chi connectivity index (χ3v) is 7.19. The number of ether oxygens (including phenoxy) is 1. The summed E-state index contributed by atoms with van der Waals surface area (Å²) in [6.45, 7) is 12.2. The number of benzene rings is 3. The van der Waals surface area contributed by atoms with E-state index in [1.54, 1.807) is 12.1 Å². The summed E-state index contributed by atoms with van der Waals surface area (Å²) < 4.78 is 25.1. The first kappa shape index (κ1) is 25.7. The molecule has 0 fully saturated rings. The Bertz CT molecular complexity index is 1600. The van der Waals surface area contributed by atoms with Gasteiger partial charge in [0, 0.05) is 11.5 Å². The maximum absolute atomic E-state index is 13.5. The lowest BCUT2D eigenvalue weighted by Crippen LogP contribution is -2.24. The Morgan fingerprint density at radius 1 is 0.895 bits per heavy atom. The summed E-state index contributed by atoms with van der Waals surface area (Å²) in [5, 5.41) is 11.6. The first-order chi connectivity index (χ1) is 17.8. The number of phenolic OH excluding ortho intramolecular Hbond substituents is 1. The average molecular weight is 515 g/mol. The molecule has 1 atom stereocenters. The van der Waals surface area contributed by atoms with Crippen LogP contribution in [0.2, 0.25) is 0 Å². The number of rotatable bonds is 2. The number of esters is 1. The van der Waals surface area contributed by atoms with E-state index in [4.69, 9.17) is 9.15 Å². The van der Waals surface area contributed by atoms with Gasteiger partial charge in [0.2, 0.25) is 5.43 Å². The molecule has 0 bridgehead atoms. The van der Waals surface area contributed by atoms with Gasteiger partial charge < -0.3 is 14.3 Å². The van der Waals surface area contributed by atoms with E-state index in [2.05, 4.69) is 0 Å². The first-order valence-corrected chi connectivity index (χ1v) is 12.7. The Morgan fingerprint density at radius 2 is 1.50 bits per heavy atom. The van der Waals surface area contributed by atoms with Gasteiger partial charge in [-0.1, -0.05) is 65.8 Å². The number of carbonyl (C=O) groups is 1. The van der Waals surface area contributed by atoms with Crippen molar-refractivity contribution < 1.29 is 23.4 Å². The molecule has 0 unspecified atom stereocenters. The van der Waals surface area contributed by atoms with Crippen molar-refractivity contribution in [3.63, 3.8) is 0 Å². The SMILES string of the molecule is CC(C)(C)c1cc([C@H]2CC(=O)Oc3ccc4c(=O)c(-c5ccc(F)cc5)coc4c32)cc(C(C)(C)C)c1O. The van der Waals surface area contributed by atoms with Crippen LogP contribution in [0.4, 0.5) is 4.39 Å². The molecule has 0 radical (unpaired) electrons. The molecule has 1 N–H and O–H groups in total. The van der Waals surface area contributed by atoms with Crippen molar-refractivity contribution in [2.75, 3.05) is 0 Å². The van der Waals surface area contributed by atoms with Gasteiger partial charge >= 0.3 is 5.97 Å². The molecule has 5 rings (SSSR count). The van der Waals surface area contributed by atoms with E-state index in [1.165, 1.54) is 30.5 Å². The van der Waals surface area contributed by atoms with Gasteiger partial charge in [-0.3, -0.25) is 9.59 Å². The number of aromatic hydroxyl groups is 1. The number of hydrogen-bond acceptors (Lipinski definition) is 5. The van der Waals surface area contributed by atoms with Crippen molar-refractivity contribution in [1.29, 1.82) is 0 Å². The van der Waals surface area contributed by atoms with Gasteiger partial charge in [-0.15, -0.1) is 0 Å². The molecule has 0 saturated carbocycles. The lowest BCUT2D eigenvalue weighted by molar-refractivity contribution is -0.135. The maximum Gasteiger partial charge on any atom is 0.312 e. The monoisotopic (exact) mass is 514 g/mol. The highest BCUT2D eigenvalue weighted by Gasteiger charge is 2.35. The quantitative estimate of drug-likeness (QED) is 0.224. The number of carbonyl (C=O) groups excluding carboxylic acids is 1. The molecule has 5 nitrogen and oxygen atoms in total. The van der Waals surface area contributed by atoms with Crippen molar-refractivity contribution in [3.05, 3.63) is 93.1 Å². The molecule has 0 saturated heterocycles. The van der Waals surface area contributed by atoms with Crippen LogP contribution in [0.5, 0.6) is 11.5 Å². The molecule has 0 spiro atoms. The minimum Gasteiger partial charge on any atom is -0.507 e. The Kier molecular flexibility index (Phi) is 5.97. The van der Waals surface area contributed by atoms with Gasteiger partial charge in [0.1, 0.15) is 29.2 Å². The molecule has 0 aliphatic carbocycles. The Balaban J connectivity index is 1.77. The van der Waals surface area contributed by atoms with Crippen molar-refractivity contribution in [2.45, 2.75) is 64.7 Å². The summed E-state index contributed by atoms with van der Waals surface area (Å²) in [5.74, 6) is -0.622.